The van der Waals surface area contributed by atoms with Crippen molar-refractivity contribution in [3.8, 4) is 51.4 Å². The molecule has 0 aliphatic heterocycles. The summed E-state index contributed by atoms with van der Waals surface area (Å²) in [5, 5.41) is 5.54. The molecule has 0 radical (unpaired) electrons. The summed E-state index contributed by atoms with van der Waals surface area (Å²) in [5.74, 6) is 2.08. The maximum Gasteiger partial charge on any atom is 0.186 e. The molecule has 0 N–H and O–H groups in total. The lowest BCUT2D eigenvalue weighted by Gasteiger charge is -2.10. The molecule has 0 saturated carbocycles. The van der Waals surface area contributed by atoms with Crippen molar-refractivity contribution in [3.05, 3.63) is 170 Å². The summed E-state index contributed by atoms with van der Waals surface area (Å²) < 4.78 is 11.2. The Morgan fingerprint density at radius 1 is 0.439 bits per heavy atom. The number of rotatable bonds is 5. The first-order chi connectivity index (χ1) is 28.2. The van der Waals surface area contributed by atoms with E-state index in [-0.39, 0.29) is 0 Å². The van der Waals surface area contributed by atoms with Gasteiger partial charge in [0.1, 0.15) is 11.1 Å². The number of fused-ring (bicyclic) bond motifs is 9. The molecule has 0 unspecified atom stereocenters. The van der Waals surface area contributed by atoms with Gasteiger partial charge in [0.15, 0.2) is 34.6 Å². The van der Waals surface area contributed by atoms with Crippen molar-refractivity contribution in [2.24, 2.45) is 0 Å². The number of benzene rings is 7. The van der Waals surface area contributed by atoms with Gasteiger partial charge >= 0.3 is 0 Å². The van der Waals surface area contributed by atoms with Crippen molar-refractivity contribution in [1.29, 1.82) is 0 Å². The first-order valence-electron chi connectivity index (χ1n) is 18.8. The third-order valence-electron chi connectivity index (χ3n) is 10.7. The summed E-state index contributed by atoms with van der Waals surface area (Å²) in [4.78, 5) is 26.0. The summed E-state index contributed by atoms with van der Waals surface area (Å²) in [6.07, 6.45) is 0. The fraction of sp³-hybridized carbons (Fsp3) is 0. The lowest BCUT2D eigenvalue weighted by atomic mass is 10.1. The fourth-order valence-corrected chi connectivity index (χ4v) is 9.29. The zero-order valence-corrected chi connectivity index (χ0v) is 31.0. The molecule has 0 aliphatic rings. The van der Waals surface area contributed by atoms with E-state index in [4.69, 9.17) is 29.3 Å². The van der Waals surface area contributed by atoms with E-state index in [1.54, 1.807) is 11.3 Å². The van der Waals surface area contributed by atoms with Gasteiger partial charge in [-0.25, -0.2) is 24.9 Å². The van der Waals surface area contributed by atoms with Crippen molar-refractivity contribution in [2.45, 2.75) is 0 Å². The van der Waals surface area contributed by atoms with Gasteiger partial charge in [0.2, 0.25) is 0 Å². The summed E-state index contributed by atoms with van der Waals surface area (Å²) >= 11 is 1.75. The largest absolute Gasteiger partial charge is 0.452 e. The van der Waals surface area contributed by atoms with Crippen LogP contribution in [0.2, 0.25) is 0 Å². The average molecular weight is 749 g/mol. The molecule has 5 heterocycles. The number of aromatic nitrogens is 6. The van der Waals surface area contributed by atoms with Gasteiger partial charge in [-0.1, -0.05) is 109 Å². The second-order valence-electron chi connectivity index (χ2n) is 14.0. The Balaban J connectivity index is 1.12. The Morgan fingerprint density at radius 2 is 1.11 bits per heavy atom. The van der Waals surface area contributed by atoms with Crippen LogP contribution < -0.4 is 0 Å². The highest BCUT2D eigenvalue weighted by molar-refractivity contribution is 7.26. The predicted molar refractivity (Wildman–Crippen MR) is 232 cm³/mol. The number of hydrogen-bond acceptors (Lipinski definition) is 7. The first kappa shape index (κ1) is 31.8. The molecule has 0 bridgehead atoms. The summed E-state index contributed by atoms with van der Waals surface area (Å²) in [5.41, 5.74) is 8.47. The molecule has 266 valence electrons. The fourth-order valence-electron chi connectivity index (χ4n) is 8.08. The van der Waals surface area contributed by atoms with E-state index >= 15 is 0 Å². The molecular formula is C49H28N6OS. The van der Waals surface area contributed by atoms with Gasteiger partial charge in [-0.15, -0.1) is 11.3 Å². The summed E-state index contributed by atoms with van der Waals surface area (Å²) in [6, 6.07) is 58.3. The van der Waals surface area contributed by atoms with Crippen LogP contribution in [0, 0.1) is 0 Å². The van der Waals surface area contributed by atoms with Crippen LogP contribution in [0.1, 0.15) is 0 Å². The van der Waals surface area contributed by atoms with Crippen LogP contribution in [0.25, 0.3) is 115 Å². The number of hydrogen-bond donors (Lipinski definition) is 0. The van der Waals surface area contributed by atoms with Crippen molar-refractivity contribution >= 4 is 75.4 Å². The van der Waals surface area contributed by atoms with Crippen molar-refractivity contribution in [1.82, 2.24) is 29.5 Å². The minimum Gasteiger partial charge on any atom is -0.452 e. The van der Waals surface area contributed by atoms with Crippen LogP contribution in [0.3, 0.4) is 0 Å². The molecule has 0 spiro atoms. The molecule has 0 amide bonds. The zero-order chi connectivity index (χ0) is 37.5. The normalized spacial score (nSPS) is 11.9. The Morgan fingerprint density at radius 3 is 1.98 bits per heavy atom. The maximum atomic E-state index is 6.58. The third-order valence-corrected chi connectivity index (χ3v) is 11.9. The SMILES string of the molecule is c1ccc(-c2nc(-c3nc(-c4ccc5c(c4)c4ccccc4n5-c4ccccc4)nc4c3oc3ccccc34)nc(-c3cccc4c3sc3ccccc34)n2)cc1. The van der Waals surface area contributed by atoms with Crippen LogP contribution in [0.5, 0.6) is 0 Å². The van der Waals surface area contributed by atoms with Gasteiger partial charge in [-0.2, -0.15) is 0 Å². The molecule has 7 nitrogen and oxygen atoms in total. The topological polar surface area (TPSA) is 82.5 Å². The highest BCUT2D eigenvalue weighted by Gasteiger charge is 2.24. The van der Waals surface area contributed by atoms with E-state index in [9.17, 15) is 0 Å². The molecule has 0 aliphatic carbocycles. The van der Waals surface area contributed by atoms with E-state index < -0.39 is 0 Å². The van der Waals surface area contributed by atoms with Gasteiger partial charge in [0.25, 0.3) is 0 Å². The zero-order valence-electron chi connectivity index (χ0n) is 30.2. The minimum absolute atomic E-state index is 0.409. The lowest BCUT2D eigenvalue weighted by molar-refractivity contribution is 0.666. The van der Waals surface area contributed by atoms with Gasteiger partial charge in [-0.05, 0) is 60.7 Å². The second kappa shape index (κ2) is 12.5. The van der Waals surface area contributed by atoms with E-state index in [2.05, 4.69) is 114 Å². The minimum atomic E-state index is 0.409. The van der Waals surface area contributed by atoms with Crippen LogP contribution in [-0.2, 0) is 0 Å². The molecule has 5 aromatic heterocycles. The molecule has 12 aromatic rings. The molecule has 0 saturated heterocycles. The third kappa shape index (κ3) is 5.01. The Kier molecular flexibility index (Phi) is 6.96. The monoisotopic (exact) mass is 748 g/mol. The van der Waals surface area contributed by atoms with Gasteiger partial charge in [0, 0.05) is 58.7 Å². The van der Waals surface area contributed by atoms with Crippen LogP contribution in [-0.4, -0.2) is 29.5 Å². The Bertz CT molecular complexity index is 3530. The first-order valence-corrected chi connectivity index (χ1v) is 19.6. The maximum absolute atomic E-state index is 6.58. The smallest absolute Gasteiger partial charge is 0.186 e. The molecular weight excluding hydrogens is 721 g/mol. The molecule has 12 rings (SSSR count). The number of thiophene rings is 1. The van der Waals surface area contributed by atoms with Gasteiger partial charge in [-0.3, -0.25) is 0 Å². The molecule has 0 fully saturated rings. The predicted octanol–water partition coefficient (Wildman–Crippen LogP) is 12.7. The number of furan rings is 1. The number of para-hydroxylation sites is 3. The summed E-state index contributed by atoms with van der Waals surface area (Å²) in [6.45, 7) is 0. The second-order valence-corrected chi connectivity index (χ2v) is 15.1. The molecule has 7 aromatic carbocycles. The van der Waals surface area contributed by atoms with Gasteiger partial charge in [0.05, 0.1) is 11.0 Å². The van der Waals surface area contributed by atoms with E-state index in [1.165, 1.54) is 15.5 Å². The van der Waals surface area contributed by atoms with E-state index in [0.717, 1.165) is 54.3 Å². The Hall–Kier alpha value is -7.55. The highest BCUT2D eigenvalue weighted by atomic mass is 32.1. The molecule has 57 heavy (non-hydrogen) atoms. The van der Waals surface area contributed by atoms with Crippen molar-refractivity contribution in [2.75, 3.05) is 0 Å². The standard InChI is InChI=1S/C49H28N6OS/c1-3-14-29(15-4-1)46-52-48(36-22-13-21-34-33-19-9-12-25-41(33)57-45(34)36)54-49(53-46)43-44-42(35-20-8-11-24-40(35)56-44)50-47(51-43)30-26-27-39-37(28-30)32-18-7-10-23-38(32)55(39)31-16-5-2-6-17-31/h1-28H. The van der Waals surface area contributed by atoms with Crippen LogP contribution >= 0.6 is 11.3 Å². The van der Waals surface area contributed by atoms with E-state index in [0.29, 0.717) is 45.7 Å². The Labute approximate surface area is 329 Å². The van der Waals surface area contributed by atoms with Crippen molar-refractivity contribution < 1.29 is 4.42 Å². The molecule has 0 atom stereocenters. The van der Waals surface area contributed by atoms with Crippen LogP contribution in [0.15, 0.2) is 174 Å². The number of nitrogens with zero attached hydrogens (tertiary/aromatic N) is 6. The van der Waals surface area contributed by atoms with Crippen LogP contribution in [0.4, 0.5) is 0 Å². The average Bonchev–Trinajstić information content (AvgIpc) is 3.96. The lowest BCUT2D eigenvalue weighted by Crippen LogP contribution is -2.03. The quantitative estimate of drug-likeness (QED) is 0.174. The molecule has 8 heteroatoms. The highest BCUT2D eigenvalue weighted by Crippen LogP contribution is 2.41. The summed E-state index contributed by atoms with van der Waals surface area (Å²) in [7, 11) is 0. The van der Waals surface area contributed by atoms with E-state index in [1.807, 2.05) is 60.7 Å². The van der Waals surface area contributed by atoms with Gasteiger partial charge < -0.3 is 8.98 Å². The van der Waals surface area contributed by atoms with Crippen molar-refractivity contribution in [3.63, 3.8) is 0 Å².